The van der Waals surface area contributed by atoms with Crippen LogP contribution < -0.4 is 0 Å². The molecule has 0 bridgehead atoms. The summed E-state index contributed by atoms with van der Waals surface area (Å²) in [6, 6.07) is 19.1. The van der Waals surface area contributed by atoms with Gasteiger partial charge in [0.1, 0.15) is 16.1 Å². The zero-order valence-corrected chi connectivity index (χ0v) is 23.0. The SMILES string of the molecule is CCCCC1C2=C(c3ccccc31)[Si](C)(C)C1=C(c3ccccc3C1CCCC)[Si]2(C)C. The summed E-state index contributed by atoms with van der Waals surface area (Å²) < 4.78 is 0. The van der Waals surface area contributed by atoms with E-state index >= 15 is 0 Å². The van der Waals surface area contributed by atoms with Gasteiger partial charge in [-0.05, 0) is 35.1 Å². The van der Waals surface area contributed by atoms with Gasteiger partial charge < -0.3 is 0 Å². The molecule has 32 heavy (non-hydrogen) atoms. The molecule has 2 aliphatic carbocycles. The number of allylic oxidation sites excluding steroid dienone is 2. The van der Waals surface area contributed by atoms with E-state index in [9.17, 15) is 0 Å². The van der Waals surface area contributed by atoms with Gasteiger partial charge in [0.05, 0.1) is 0 Å². The predicted molar refractivity (Wildman–Crippen MR) is 146 cm³/mol. The third-order valence-electron chi connectivity index (χ3n) is 8.74. The van der Waals surface area contributed by atoms with Crippen molar-refractivity contribution >= 4 is 26.5 Å². The minimum Gasteiger partial charge on any atom is -0.0684 e. The highest BCUT2D eigenvalue weighted by Gasteiger charge is 2.56. The second-order valence-electron chi connectivity index (χ2n) is 11.4. The average molecular weight is 457 g/mol. The molecule has 0 aromatic heterocycles. The summed E-state index contributed by atoms with van der Waals surface area (Å²) in [5, 5.41) is 7.57. The number of unbranched alkanes of at least 4 members (excludes halogenated alkanes) is 2. The van der Waals surface area contributed by atoms with E-state index in [1.54, 1.807) is 22.3 Å². The van der Waals surface area contributed by atoms with E-state index in [0.717, 1.165) is 0 Å². The summed E-state index contributed by atoms with van der Waals surface area (Å²) in [5.41, 5.74) is 6.59. The largest absolute Gasteiger partial charge is 0.108 e. The van der Waals surface area contributed by atoms with Crippen LogP contribution in [0.1, 0.15) is 86.5 Å². The van der Waals surface area contributed by atoms with Gasteiger partial charge in [0.15, 0.2) is 0 Å². The molecule has 5 rings (SSSR count). The third-order valence-corrected chi connectivity index (χ3v) is 16.7. The highest BCUT2D eigenvalue weighted by molar-refractivity contribution is 7.14. The van der Waals surface area contributed by atoms with Crippen molar-refractivity contribution in [2.45, 2.75) is 90.4 Å². The van der Waals surface area contributed by atoms with Gasteiger partial charge in [0.2, 0.25) is 0 Å². The van der Waals surface area contributed by atoms with Crippen LogP contribution in [0.25, 0.3) is 10.4 Å². The van der Waals surface area contributed by atoms with Gasteiger partial charge in [-0.25, -0.2) is 0 Å². The Balaban J connectivity index is 1.76. The zero-order chi connectivity index (χ0) is 22.7. The maximum absolute atomic E-state index is 2.70. The van der Waals surface area contributed by atoms with Crippen molar-refractivity contribution < 1.29 is 0 Å². The molecular weight excluding hydrogens is 417 g/mol. The smallest absolute Gasteiger partial charge is 0.0684 e. The summed E-state index contributed by atoms with van der Waals surface area (Å²) in [6.07, 6.45) is 7.92. The van der Waals surface area contributed by atoms with Gasteiger partial charge in [-0.15, -0.1) is 0 Å². The lowest BCUT2D eigenvalue weighted by Crippen LogP contribution is -2.46. The summed E-state index contributed by atoms with van der Waals surface area (Å²) >= 11 is 0. The number of hydrogen-bond acceptors (Lipinski definition) is 0. The first-order valence-corrected chi connectivity index (χ1v) is 19.0. The molecule has 0 saturated heterocycles. The normalized spacial score (nSPS) is 24.3. The Kier molecular flexibility index (Phi) is 5.53. The fourth-order valence-corrected chi connectivity index (χ4v) is 19.2. The Morgan fingerprint density at radius 1 is 0.594 bits per heavy atom. The Morgan fingerprint density at radius 2 is 0.969 bits per heavy atom. The first-order valence-electron chi connectivity index (χ1n) is 13.0. The highest BCUT2D eigenvalue weighted by Crippen LogP contribution is 2.63. The van der Waals surface area contributed by atoms with E-state index in [4.69, 9.17) is 0 Å². The van der Waals surface area contributed by atoms with Crippen LogP contribution in [0.4, 0.5) is 0 Å². The van der Waals surface area contributed by atoms with Crippen LogP contribution in [0.15, 0.2) is 58.9 Å². The van der Waals surface area contributed by atoms with Crippen LogP contribution in [0.2, 0.25) is 26.2 Å². The van der Waals surface area contributed by atoms with Crippen LogP contribution in [-0.2, 0) is 0 Å². The molecule has 0 nitrogen and oxygen atoms in total. The minimum absolute atomic E-state index is 0.658. The molecule has 2 atom stereocenters. The molecule has 1 aliphatic heterocycles. The Hall–Kier alpha value is -1.65. The van der Waals surface area contributed by atoms with Crippen molar-refractivity contribution in [2.24, 2.45) is 0 Å². The van der Waals surface area contributed by atoms with Gasteiger partial charge >= 0.3 is 0 Å². The van der Waals surface area contributed by atoms with Gasteiger partial charge in [0.25, 0.3) is 0 Å². The summed E-state index contributed by atoms with van der Waals surface area (Å²) in [5.74, 6) is 1.32. The van der Waals surface area contributed by atoms with Gasteiger partial charge in [-0.1, -0.05) is 135 Å². The molecule has 2 heteroatoms. The van der Waals surface area contributed by atoms with Gasteiger partial charge in [-0.2, -0.15) is 0 Å². The van der Waals surface area contributed by atoms with Crippen LogP contribution in [0.5, 0.6) is 0 Å². The quantitative estimate of drug-likeness (QED) is 0.380. The molecule has 2 aromatic carbocycles. The van der Waals surface area contributed by atoms with E-state index in [0.29, 0.717) is 11.8 Å². The van der Waals surface area contributed by atoms with Crippen molar-refractivity contribution in [3.8, 4) is 0 Å². The molecule has 0 amide bonds. The van der Waals surface area contributed by atoms with Gasteiger partial charge in [-0.3, -0.25) is 0 Å². The van der Waals surface area contributed by atoms with E-state index in [2.05, 4.69) is 88.6 Å². The number of benzene rings is 2. The molecule has 0 N–H and O–H groups in total. The first kappa shape index (κ1) is 22.2. The monoisotopic (exact) mass is 456 g/mol. The molecule has 0 saturated carbocycles. The standard InChI is InChI=1S/C30H40Si2/c1-7-9-15-23-21-17-11-13-19-25(21)29-27(23)31(3,4)30-26-20-14-12-18-22(26)24(16-10-8-2)28(30)32(29,5)6/h11-14,17-20,23-24H,7-10,15-16H2,1-6H3. The molecule has 2 aromatic rings. The van der Waals surface area contributed by atoms with E-state index in [1.165, 1.54) is 38.5 Å². The number of hydrogen-bond donors (Lipinski definition) is 0. The minimum atomic E-state index is -1.79. The molecule has 3 aliphatic rings. The lowest BCUT2D eigenvalue weighted by atomic mass is 9.95. The molecule has 0 spiro atoms. The molecule has 168 valence electrons. The van der Waals surface area contributed by atoms with Gasteiger partial charge in [0, 0.05) is 11.8 Å². The van der Waals surface area contributed by atoms with E-state index in [-0.39, 0.29) is 0 Å². The average Bonchev–Trinajstić information content (AvgIpc) is 3.31. The van der Waals surface area contributed by atoms with E-state index < -0.39 is 16.1 Å². The predicted octanol–water partition coefficient (Wildman–Crippen LogP) is 9.06. The second-order valence-corrected chi connectivity index (χ2v) is 20.0. The van der Waals surface area contributed by atoms with Crippen molar-refractivity contribution in [3.63, 3.8) is 0 Å². The summed E-state index contributed by atoms with van der Waals surface area (Å²) in [6.45, 7) is 15.5. The van der Waals surface area contributed by atoms with Crippen LogP contribution in [0, 0.1) is 0 Å². The Labute approximate surface area is 197 Å². The van der Waals surface area contributed by atoms with Crippen molar-refractivity contribution in [1.29, 1.82) is 0 Å². The molecule has 2 unspecified atom stereocenters. The maximum atomic E-state index is 2.70. The lowest BCUT2D eigenvalue weighted by molar-refractivity contribution is 0.659. The van der Waals surface area contributed by atoms with Crippen molar-refractivity contribution in [3.05, 3.63) is 81.2 Å². The van der Waals surface area contributed by atoms with Crippen LogP contribution in [0.3, 0.4) is 0 Å². The Bertz CT molecular complexity index is 1030. The topological polar surface area (TPSA) is 0 Å². The van der Waals surface area contributed by atoms with E-state index in [1.807, 2.05) is 20.8 Å². The third kappa shape index (κ3) is 2.98. The fourth-order valence-electron chi connectivity index (χ4n) is 7.54. The zero-order valence-electron chi connectivity index (χ0n) is 21.0. The molecule has 1 heterocycles. The summed E-state index contributed by atoms with van der Waals surface area (Å²) in [7, 11) is -3.58. The molecule has 0 fully saturated rings. The fraction of sp³-hybridized carbons (Fsp3) is 0.467. The van der Waals surface area contributed by atoms with Crippen molar-refractivity contribution in [1.82, 2.24) is 0 Å². The van der Waals surface area contributed by atoms with Crippen LogP contribution >= 0.6 is 0 Å². The summed E-state index contributed by atoms with van der Waals surface area (Å²) in [4.78, 5) is 0. The first-order chi connectivity index (χ1) is 15.4. The van der Waals surface area contributed by atoms with Crippen molar-refractivity contribution in [2.75, 3.05) is 0 Å². The number of rotatable bonds is 6. The Morgan fingerprint density at radius 3 is 1.34 bits per heavy atom. The highest BCUT2D eigenvalue weighted by atomic mass is 28.3. The molecular formula is C30H40Si2. The maximum Gasteiger partial charge on any atom is 0.108 e. The van der Waals surface area contributed by atoms with Crippen LogP contribution in [-0.4, -0.2) is 16.1 Å². The molecule has 0 radical (unpaired) electrons. The number of fused-ring (bicyclic) bond motifs is 4. The lowest BCUT2D eigenvalue weighted by Gasteiger charge is -2.44. The second kappa shape index (κ2) is 7.99.